The van der Waals surface area contributed by atoms with E-state index >= 15 is 0 Å². The summed E-state index contributed by atoms with van der Waals surface area (Å²) in [4.78, 5) is 10.9. The van der Waals surface area contributed by atoms with E-state index in [0.29, 0.717) is 18.3 Å². The van der Waals surface area contributed by atoms with Crippen molar-refractivity contribution in [3.8, 4) is 0 Å². The van der Waals surface area contributed by atoms with Crippen LogP contribution in [0.1, 0.15) is 31.4 Å². The lowest BCUT2D eigenvalue weighted by atomic mass is 10.2. The van der Waals surface area contributed by atoms with Crippen LogP contribution in [-0.2, 0) is 0 Å². The molecular weight excluding hydrogens is 248 g/mol. The van der Waals surface area contributed by atoms with Crippen molar-refractivity contribution in [2.24, 2.45) is 5.73 Å². The van der Waals surface area contributed by atoms with Crippen molar-refractivity contribution in [1.82, 2.24) is 9.97 Å². The molecule has 1 aromatic heterocycles. The molecule has 1 saturated carbocycles. The van der Waals surface area contributed by atoms with Crippen LogP contribution in [0.15, 0.2) is 12.4 Å². The monoisotopic (exact) mass is 266 g/mol. The van der Waals surface area contributed by atoms with Crippen molar-refractivity contribution in [1.29, 1.82) is 0 Å². The maximum atomic E-state index is 9.17. The number of thiocarbonyl (C=S) groups is 1. The largest absolute Gasteiger partial charge is 0.395 e. The fraction of sp³-hybridized carbons (Fsp3) is 0.583. The number of nitrogens with zero attached hydrogens (tertiary/aromatic N) is 3. The molecule has 1 aliphatic carbocycles. The number of aliphatic hydroxyl groups is 1. The van der Waals surface area contributed by atoms with Crippen molar-refractivity contribution in [2.45, 2.75) is 31.7 Å². The van der Waals surface area contributed by atoms with Gasteiger partial charge in [-0.3, -0.25) is 0 Å². The Morgan fingerprint density at radius 3 is 2.61 bits per heavy atom. The molecule has 0 unspecified atom stereocenters. The molecule has 6 heteroatoms. The number of aromatic nitrogens is 2. The Labute approximate surface area is 112 Å². The second-order valence-corrected chi connectivity index (χ2v) is 4.92. The first-order chi connectivity index (χ1) is 8.72. The number of hydrogen-bond donors (Lipinski definition) is 2. The standard InChI is InChI=1S/C12H18N4OS/c13-12(18)10-7-15-11(8-14-10)16(5-6-17)9-3-1-2-4-9/h7-9,17H,1-6H2,(H2,13,18). The van der Waals surface area contributed by atoms with E-state index < -0.39 is 0 Å². The van der Waals surface area contributed by atoms with E-state index in [9.17, 15) is 5.11 Å². The number of nitrogens with two attached hydrogens (primary N) is 1. The minimum Gasteiger partial charge on any atom is -0.395 e. The zero-order chi connectivity index (χ0) is 13.0. The molecule has 0 aromatic carbocycles. The summed E-state index contributed by atoms with van der Waals surface area (Å²) in [6.45, 7) is 0.709. The summed E-state index contributed by atoms with van der Waals surface area (Å²) >= 11 is 4.85. The van der Waals surface area contributed by atoms with Gasteiger partial charge in [0.05, 0.1) is 19.0 Å². The van der Waals surface area contributed by atoms with Crippen LogP contribution in [0.25, 0.3) is 0 Å². The van der Waals surface area contributed by atoms with Crippen LogP contribution >= 0.6 is 12.2 Å². The molecule has 1 fully saturated rings. The minimum atomic E-state index is 0.120. The molecule has 1 aromatic rings. The molecule has 3 N–H and O–H groups in total. The highest BCUT2D eigenvalue weighted by molar-refractivity contribution is 7.80. The van der Waals surface area contributed by atoms with Crippen molar-refractivity contribution < 1.29 is 5.11 Å². The van der Waals surface area contributed by atoms with Gasteiger partial charge in [0.2, 0.25) is 0 Å². The van der Waals surface area contributed by atoms with Gasteiger partial charge < -0.3 is 15.7 Å². The molecule has 0 bridgehead atoms. The van der Waals surface area contributed by atoms with Crippen LogP contribution in [0.3, 0.4) is 0 Å². The molecule has 0 atom stereocenters. The van der Waals surface area contributed by atoms with Gasteiger partial charge in [-0.25, -0.2) is 9.97 Å². The zero-order valence-electron chi connectivity index (χ0n) is 10.2. The summed E-state index contributed by atoms with van der Waals surface area (Å²) in [5.74, 6) is 0.788. The maximum absolute atomic E-state index is 9.17. The number of anilines is 1. The third-order valence-electron chi connectivity index (χ3n) is 3.29. The number of aliphatic hydroxyl groups excluding tert-OH is 1. The van der Waals surface area contributed by atoms with Crippen LogP contribution in [0, 0.1) is 0 Å². The molecule has 2 rings (SSSR count). The molecular formula is C12H18N4OS. The average Bonchev–Trinajstić information content (AvgIpc) is 2.90. The molecule has 0 radical (unpaired) electrons. The van der Waals surface area contributed by atoms with Crippen LogP contribution in [0.5, 0.6) is 0 Å². The topological polar surface area (TPSA) is 75.3 Å². The average molecular weight is 266 g/mol. The maximum Gasteiger partial charge on any atom is 0.147 e. The molecule has 0 aliphatic heterocycles. The number of hydrogen-bond acceptors (Lipinski definition) is 5. The SMILES string of the molecule is NC(=S)c1cnc(N(CCO)C2CCCC2)cn1. The normalized spacial score (nSPS) is 15.8. The second kappa shape index (κ2) is 6.06. The predicted octanol–water partition coefficient (Wildman–Crippen LogP) is 0.852. The van der Waals surface area contributed by atoms with Crippen LogP contribution < -0.4 is 10.6 Å². The molecule has 5 nitrogen and oxygen atoms in total. The van der Waals surface area contributed by atoms with E-state index in [4.69, 9.17) is 18.0 Å². The van der Waals surface area contributed by atoms with E-state index in [1.54, 1.807) is 12.4 Å². The van der Waals surface area contributed by atoms with Gasteiger partial charge in [-0.15, -0.1) is 0 Å². The fourth-order valence-electron chi connectivity index (χ4n) is 2.40. The lowest BCUT2D eigenvalue weighted by Crippen LogP contribution is -2.36. The van der Waals surface area contributed by atoms with Crippen molar-refractivity contribution >= 4 is 23.0 Å². The molecule has 18 heavy (non-hydrogen) atoms. The van der Waals surface area contributed by atoms with Gasteiger partial charge >= 0.3 is 0 Å². The minimum absolute atomic E-state index is 0.120. The lowest BCUT2D eigenvalue weighted by molar-refractivity contribution is 0.296. The van der Waals surface area contributed by atoms with Gasteiger partial charge in [0.15, 0.2) is 0 Å². The summed E-state index contributed by atoms with van der Waals surface area (Å²) in [6, 6.07) is 0.460. The fourth-order valence-corrected chi connectivity index (χ4v) is 2.51. The molecule has 0 spiro atoms. The van der Waals surface area contributed by atoms with Gasteiger partial charge in [0, 0.05) is 12.6 Å². The molecule has 1 heterocycles. The van der Waals surface area contributed by atoms with Gasteiger partial charge in [0.1, 0.15) is 16.5 Å². The van der Waals surface area contributed by atoms with E-state index in [1.165, 1.54) is 12.8 Å². The third-order valence-corrected chi connectivity index (χ3v) is 3.50. The van der Waals surface area contributed by atoms with Crippen LogP contribution in [-0.4, -0.2) is 39.3 Å². The highest BCUT2D eigenvalue weighted by atomic mass is 32.1. The Morgan fingerprint density at radius 1 is 1.39 bits per heavy atom. The zero-order valence-corrected chi connectivity index (χ0v) is 11.1. The first kappa shape index (κ1) is 13.2. The Balaban J connectivity index is 2.16. The van der Waals surface area contributed by atoms with Gasteiger partial charge in [-0.05, 0) is 12.8 Å². The number of rotatable bonds is 5. The Hall–Kier alpha value is -1.27. The molecule has 1 aliphatic rings. The van der Waals surface area contributed by atoms with Crippen LogP contribution in [0.4, 0.5) is 5.82 Å². The molecule has 98 valence electrons. The van der Waals surface area contributed by atoms with Gasteiger partial charge in [0.25, 0.3) is 0 Å². The van der Waals surface area contributed by atoms with Gasteiger partial charge in [-0.2, -0.15) is 0 Å². The molecule has 0 amide bonds. The van der Waals surface area contributed by atoms with E-state index in [-0.39, 0.29) is 11.6 Å². The van der Waals surface area contributed by atoms with Crippen molar-refractivity contribution in [3.63, 3.8) is 0 Å². The third kappa shape index (κ3) is 2.94. The summed E-state index contributed by atoms with van der Waals surface area (Å²) in [5.41, 5.74) is 6.03. The Kier molecular flexibility index (Phi) is 4.43. The highest BCUT2D eigenvalue weighted by Gasteiger charge is 2.23. The van der Waals surface area contributed by atoms with Gasteiger partial charge in [-0.1, -0.05) is 25.1 Å². The van der Waals surface area contributed by atoms with Crippen LogP contribution in [0.2, 0.25) is 0 Å². The summed E-state index contributed by atoms with van der Waals surface area (Å²) in [6.07, 6.45) is 8.06. The highest BCUT2D eigenvalue weighted by Crippen LogP contribution is 2.26. The predicted molar refractivity (Wildman–Crippen MR) is 74.6 cm³/mol. The lowest BCUT2D eigenvalue weighted by Gasteiger charge is -2.29. The van der Waals surface area contributed by atoms with E-state index in [2.05, 4.69) is 14.9 Å². The Morgan fingerprint density at radius 2 is 2.11 bits per heavy atom. The van der Waals surface area contributed by atoms with Crippen molar-refractivity contribution in [2.75, 3.05) is 18.1 Å². The smallest absolute Gasteiger partial charge is 0.147 e. The summed E-state index contributed by atoms with van der Waals surface area (Å²) in [5, 5.41) is 9.17. The Bertz CT molecular complexity index is 403. The summed E-state index contributed by atoms with van der Waals surface area (Å²) < 4.78 is 0. The van der Waals surface area contributed by atoms with Crippen molar-refractivity contribution in [3.05, 3.63) is 18.1 Å². The molecule has 0 saturated heterocycles. The quantitative estimate of drug-likeness (QED) is 0.770. The second-order valence-electron chi connectivity index (χ2n) is 4.48. The first-order valence-electron chi connectivity index (χ1n) is 6.21. The first-order valence-corrected chi connectivity index (χ1v) is 6.62. The van der Waals surface area contributed by atoms with E-state index in [1.807, 2.05) is 0 Å². The van der Waals surface area contributed by atoms with E-state index in [0.717, 1.165) is 18.7 Å². The summed E-state index contributed by atoms with van der Waals surface area (Å²) in [7, 11) is 0.